The molecule has 4 aromatic rings. The van der Waals surface area contributed by atoms with Gasteiger partial charge in [-0.05, 0) is 97.0 Å². The minimum absolute atomic E-state index is 0.0715. The largest absolute Gasteiger partial charge is 0.416 e. The summed E-state index contributed by atoms with van der Waals surface area (Å²) in [6, 6.07) is 18.5. The first-order valence-electron chi connectivity index (χ1n) is 15.2. The summed E-state index contributed by atoms with van der Waals surface area (Å²) in [5.41, 5.74) is -0.174. The Balaban J connectivity index is 1.29. The first kappa shape index (κ1) is 32.9. The van der Waals surface area contributed by atoms with Crippen LogP contribution < -0.4 is 10.6 Å². The predicted molar refractivity (Wildman–Crippen MR) is 174 cm³/mol. The van der Waals surface area contributed by atoms with E-state index in [0.717, 1.165) is 42.4 Å². The first-order valence-corrected chi connectivity index (χ1v) is 15.6. The molecule has 2 N–H and O–H groups in total. The summed E-state index contributed by atoms with van der Waals surface area (Å²) < 4.78 is 87.0. The standard InChI is InChI=1S/C35H32F6N4OS/c1-2-22-19-45-13-11-23(22)14-31(45)32(46-20-21-6-4-3-5-7-21)28-10-12-42-30-9-8-26(18-29(28)30)43-33(47)44-27-16-24(34(36,37)38)15-25(17-27)35(39,40)41/h2-10,12,15-18,22-23,31-32H,1,11,13-14,19-20H2,(H2,43,44,47)/t22-,23?,31-,32+/m0/s1. The molecule has 2 bridgehead atoms. The van der Waals surface area contributed by atoms with E-state index < -0.39 is 29.2 Å². The molecule has 12 heteroatoms. The van der Waals surface area contributed by atoms with Crippen LogP contribution in [0.4, 0.5) is 37.7 Å². The van der Waals surface area contributed by atoms with Crippen molar-refractivity contribution in [3.8, 4) is 0 Å². The van der Waals surface area contributed by atoms with Crippen molar-refractivity contribution < 1.29 is 31.1 Å². The molecule has 3 aliphatic rings. The van der Waals surface area contributed by atoms with Gasteiger partial charge in [-0.2, -0.15) is 26.3 Å². The van der Waals surface area contributed by atoms with E-state index in [2.05, 4.69) is 27.1 Å². The quantitative estimate of drug-likeness (QED) is 0.111. The molecule has 3 aromatic carbocycles. The minimum Gasteiger partial charge on any atom is -0.367 e. The number of benzene rings is 3. The Morgan fingerprint density at radius 3 is 2.30 bits per heavy atom. The highest BCUT2D eigenvalue weighted by molar-refractivity contribution is 7.80. The van der Waals surface area contributed by atoms with Crippen LogP contribution in [-0.2, 0) is 23.7 Å². The van der Waals surface area contributed by atoms with Gasteiger partial charge in [0.1, 0.15) is 0 Å². The number of hydrogen-bond donors (Lipinski definition) is 2. The van der Waals surface area contributed by atoms with Crippen molar-refractivity contribution >= 4 is 39.6 Å². The van der Waals surface area contributed by atoms with Gasteiger partial charge in [-0.15, -0.1) is 6.58 Å². The second kappa shape index (κ2) is 13.2. The third-order valence-electron chi connectivity index (χ3n) is 8.96. The van der Waals surface area contributed by atoms with E-state index in [-0.39, 0.29) is 23.3 Å². The van der Waals surface area contributed by atoms with Crippen molar-refractivity contribution in [1.82, 2.24) is 9.88 Å². The van der Waals surface area contributed by atoms with E-state index in [1.807, 2.05) is 48.5 Å². The highest BCUT2D eigenvalue weighted by Crippen LogP contribution is 2.44. The summed E-state index contributed by atoms with van der Waals surface area (Å²) in [5.74, 6) is 0.935. The van der Waals surface area contributed by atoms with E-state index in [1.165, 1.54) is 0 Å². The molecule has 3 aliphatic heterocycles. The molecule has 5 atom stereocenters. The lowest BCUT2D eigenvalue weighted by molar-refractivity contribution is -0.143. The van der Waals surface area contributed by atoms with Crippen LogP contribution in [-0.4, -0.2) is 34.1 Å². The maximum Gasteiger partial charge on any atom is 0.416 e. The molecule has 7 rings (SSSR count). The molecule has 3 saturated heterocycles. The number of fused-ring (bicyclic) bond motifs is 4. The van der Waals surface area contributed by atoms with Gasteiger partial charge in [0.2, 0.25) is 0 Å². The topological polar surface area (TPSA) is 49.4 Å². The Morgan fingerprint density at radius 2 is 1.66 bits per heavy atom. The third kappa shape index (κ3) is 7.45. The molecule has 0 saturated carbocycles. The van der Waals surface area contributed by atoms with Crippen molar-refractivity contribution in [1.29, 1.82) is 0 Å². The normalized spacial score (nSPS) is 21.7. The number of alkyl halides is 6. The number of nitrogens with zero attached hydrogens (tertiary/aromatic N) is 2. The van der Waals surface area contributed by atoms with Crippen molar-refractivity contribution in [2.24, 2.45) is 11.8 Å². The smallest absolute Gasteiger partial charge is 0.367 e. The van der Waals surface area contributed by atoms with E-state index >= 15 is 0 Å². The van der Waals surface area contributed by atoms with Gasteiger partial charge in [0.05, 0.1) is 29.4 Å². The van der Waals surface area contributed by atoms with Crippen LogP contribution in [0.2, 0.25) is 0 Å². The number of anilines is 2. The summed E-state index contributed by atoms with van der Waals surface area (Å²) in [4.78, 5) is 7.01. The second-order valence-corrected chi connectivity index (χ2v) is 12.4. The van der Waals surface area contributed by atoms with E-state index in [0.29, 0.717) is 41.8 Å². The molecule has 1 aromatic heterocycles. The SMILES string of the molecule is C=C[C@H]1CN2CCC1C[C@H]2[C@H](OCc1ccccc1)c1ccnc2ccc(NC(=S)Nc3cc(C(F)(F)F)cc(C(F)(F)F)c3)cc12. The lowest BCUT2D eigenvalue weighted by Gasteiger charge is -2.51. The van der Waals surface area contributed by atoms with Crippen molar-refractivity contribution in [3.63, 3.8) is 0 Å². The second-order valence-electron chi connectivity index (χ2n) is 12.0. The van der Waals surface area contributed by atoms with Gasteiger partial charge >= 0.3 is 12.4 Å². The number of ether oxygens (including phenoxy) is 1. The Bertz CT molecular complexity index is 1730. The highest BCUT2D eigenvalue weighted by atomic mass is 32.1. The Hall–Kier alpha value is -4.00. The maximum absolute atomic E-state index is 13.4. The number of nitrogens with one attached hydrogen (secondary N) is 2. The van der Waals surface area contributed by atoms with Crippen LogP contribution >= 0.6 is 12.2 Å². The number of piperidine rings is 3. The average molecular weight is 671 g/mol. The molecule has 2 unspecified atom stereocenters. The zero-order chi connectivity index (χ0) is 33.3. The fourth-order valence-corrected chi connectivity index (χ4v) is 6.91. The van der Waals surface area contributed by atoms with Gasteiger partial charge in [-0.25, -0.2) is 0 Å². The van der Waals surface area contributed by atoms with E-state index in [4.69, 9.17) is 17.0 Å². The summed E-state index contributed by atoms with van der Waals surface area (Å²) >= 11 is 5.32. The number of rotatable bonds is 8. The molecule has 0 radical (unpaired) electrons. The predicted octanol–water partition coefficient (Wildman–Crippen LogP) is 9.24. The lowest BCUT2D eigenvalue weighted by atomic mass is 9.73. The zero-order valence-electron chi connectivity index (χ0n) is 25.1. The van der Waals surface area contributed by atoms with Crippen LogP contribution in [0.5, 0.6) is 0 Å². The average Bonchev–Trinajstić information content (AvgIpc) is 3.04. The van der Waals surface area contributed by atoms with Crippen LogP contribution in [0, 0.1) is 11.8 Å². The fourth-order valence-electron chi connectivity index (χ4n) is 6.67. The molecule has 0 spiro atoms. The lowest BCUT2D eigenvalue weighted by Crippen LogP contribution is -2.55. The molecule has 47 heavy (non-hydrogen) atoms. The van der Waals surface area contributed by atoms with Crippen molar-refractivity contribution in [2.45, 2.75) is 43.9 Å². The summed E-state index contributed by atoms with van der Waals surface area (Å²) in [6.07, 6.45) is -4.42. The number of thiocarbonyl (C=S) groups is 1. The first-order chi connectivity index (χ1) is 22.4. The molecule has 246 valence electrons. The molecule has 0 amide bonds. The van der Waals surface area contributed by atoms with Crippen LogP contribution in [0.1, 0.15) is 41.2 Å². The monoisotopic (exact) mass is 670 g/mol. The Kier molecular flexibility index (Phi) is 9.28. The number of pyridine rings is 1. The number of aromatic nitrogens is 1. The van der Waals surface area contributed by atoms with Crippen molar-refractivity contribution in [2.75, 3.05) is 23.7 Å². The van der Waals surface area contributed by atoms with Gasteiger partial charge in [-0.3, -0.25) is 9.88 Å². The number of halogens is 6. The number of hydrogen-bond acceptors (Lipinski definition) is 4. The van der Waals surface area contributed by atoms with E-state index in [9.17, 15) is 26.3 Å². The van der Waals surface area contributed by atoms with E-state index in [1.54, 1.807) is 18.3 Å². The zero-order valence-corrected chi connectivity index (χ0v) is 25.9. The molecular formula is C35H32F6N4OS. The molecule has 0 aliphatic carbocycles. The summed E-state index contributed by atoms with van der Waals surface area (Å²) in [5, 5.41) is 6.01. The minimum atomic E-state index is -4.98. The van der Waals surface area contributed by atoms with Crippen LogP contribution in [0.25, 0.3) is 10.9 Å². The van der Waals surface area contributed by atoms with Gasteiger partial charge in [-0.1, -0.05) is 36.4 Å². The van der Waals surface area contributed by atoms with Crippen molar-refractivity contribution in [3.05, 3.63) is 114 Å². The molecule has 3 fully saturated rings. The highest BCUT2D eigenvalue weighted by Gasteiger charge is 2.43. The molecule has 4 heterocycles. The molecular weight excluding hydrogens is 638 g/mol. The van der Waals surface area contributed by atoms with Crippen LogP contribution in [0.3, 0.4) is 0 Å². The van der Waals surface area contributed by atoms with Gasteiger partial charge in [0.25, 0.3) is 0 Å². The van der Waals surface area contributed by atoms with Gasteiger partial charge < -0.3 is 15.4 Å². The van der Waals surface area contributed by atoms with Crippen LogP contribution in [0.15, 0.2) is 91.6 Å². The Morgan fingerprint density at radius 1 is 0.957 bits per heavy atom. The summed E-state index contributed by atoms with van der Waals surface area (Å²) in [6.45, 7) is 6.32. The molecule has 5 nitrogen and oxygen atoms in total. The summed E-state index contributed by atoms with van der Waals surface area (Å²) in [7, 11) is 0. The van der Waals surface area contributed by atoms with Gasteiger partial charge in [0.15, 0.2) is 5.11 Å². The third-order valence-corrected chi connectivity index (χ3v) is 9.17. The fraction of sp³-hybridized carbons (Fsp3) is 0.314. The Labute approximate surface area is 273 Å². The van der Waals surface area contributed by atoms with Gasteiger partial charge in [0, 0.05) is 35.5 Å². The maximum atomic E-state index is 13.4.